The molecule has 0 aliphatic heterocycles. The van der Waals surface area contributed by atoms with Crippen LogP contribution in [0.3, 0.4) is 0 Å². The maximum Gasteiger partial charge on any atom is 0.352 e. The average molecular weight is 340 g/mol. The molecule has 1 aliphatic rings. The van der Waals surface area contributed by atoms with Crippen molar-refractivity contribution in [2.24, 2.45) is 5.73 Å². The number of carbonyl (C=O) groups excluding carboxylic acids is 2. The van der Waals surface area contributed by atoms with E-state index in [2.05, 4.69) is 4.98 Å². The number of aromatic amines is 1. The molecular formula is C13H10ClN3O4S. The van der Waals surface area contributed by atoms with E-state index in [9.17, 15) is 14.4 Å². The van der Waals surface area contributed by atoms with Crippen LogP contribution in [0.25, 0.3) is 10.2 Å². The smallest absolute Gasteiger partial charge is 0.352 e. The molecule has 1 aliphatic carbocycles. The van der Waals surface area contributed by atoms with E-state index in [0.29, 0.717) is 15.8 Å². The molecule has 0 fully saturated rings. The fraction of sp³-hybridized carbons (Fsp3) is 0.154. The number of carbonyl (C=O) groups is 2. The molecule has 0 spiro atoms. The number of nitrogen functional groups attached to an aromatic ring is 1. The monoisotopic (exact) mass is 339 g/mol. The highest BCUT2D eigenvalue weighted by Crippen LogP contribution is 2.38. The van der Waals surface area contributed by atoms with Crippen molar-refractivity contribution in [1.82, 2.24) is 4.98 Å². The number of halogens is 1. The van der Waals surface area contributed by atoms with Crippen molar-refractivity contribution >= 4 is 50.7 Å². The first-order chi connectivity index (χ1) is 10.3. The fourth-order valence-electron chi connectivity index (χ4n) is 2.05. The highest BCUT2D eigenvalue weighted by atomic mass is 35.5. The molecule has 0 radical (unpaired) electrons. The number of fused-ring (bicyclic) bond motifs is 1. The zero-order chi connectivity index (χ0) is 16.2. The number of amides is 1. The molecule has 0 unspecified atom stereocenters. The Balaban J connectivity index is 2.07. The third kappa shape index (κ3) is 1.99. The van der Waals surface area contributed by atoms with Crippen molar-refractivity contribution in [3.8, 4) is 0 Å². The lowest BCUT2D eigenvalue weighted by Gasteiger charge is -2.12. The number of hydrogen-bond donors (Lipinski definition) is 3. The van der Waals surface area contributed by atoms with Crippen molar-refractivity contribution < 1.29 is 14.3 Å². The van der Waals surface area contributed by atoms with Gasteiger partial charge in [0.25, 0.3) is 11.5 Å². The molecule has 2 aromatic heterocycles. The largest absolute Gasteiger partial charge is 0.436 e. The van der Waals surface area contributed by atoms with E-state index in [1.165, 1.54) is 12.2 Å². The number of nitrogens with one attached hydrogen (secondary N) is 1. The van der Waals surface area contributed by atoms with Crippen molar-refractivity contribution in [2.75, 3.05) is 5.73 Å². The number of aryl methyl sites for hydroxylation is 1. The molecule has 0 saturated carbocycles. The first-order valence-corrected chi connectivity index (χ1v) is 7.30. The van der Waals surface area contributed by atoms with E-state index in [4.69, 9.17) is 27.8 Å². The molecule has 3 rings (SSSR count). The van der Waals surface area contributed by atoms with Crippen LogP contribution in [0.2, 0.25) is 5.02 Å². The van der Waals surface area contributed by atoms with E-state index in [1.54, 1.807) is 6.92 Å². The number of thiophene rings is 1. The van der Waals surface area contributed by atoms with Crippen LogP contribution in [-0.2, 0) is 9.53 Å². The van der Waals surface area contributed by atoms with Gasteiger partial charge in [-0.15, -0.1) is 11.3 Å². The maximum atomic E-state index is 12.2. The summed E-state index contributed by atoms with van der Waals surface area (Å²) in [6.45, 7) is 1.63. The van der Waals surface area contributed by atoms with Crippen molar-refractivity contribution in [3.63, 3.8) is 0 Å². The number of pyridine rings is 1. The molecule has 5 N–H and O–H groups in total. The predicted octanol–water partition coefficient (Wildman–Crippen LogP) is 1.08. The van der Waals surface area contributed by atoms with Gasteiger partial charge in [0.1, 0.15) is 14.7 Å². The summed E-state index contributed by atoms with van der Waals surface area (Å²) in [5.74, 6) is -1.58. The topological polar surface area (TPSA) is 128 Å². The number of ether oxygens (including phenoxy) is 1. The van der Waals surface area contributed by atoms with Crippen LogP contribution in [0.5, 0.6) is 0 Å². The highest BCUT2D eigenvalue weighted by molar-refractivity contribution is 7.21. The molecule has 9 heteroatoms. The zero-order valence-corrected chi connectivity index (χ0v) is 12.8. The van der Waals surface area contributed by atoms with Gasteiger partial charge in [-0.2, -0.15) is 0 Å². The van der Waals surface area contributed by atoms with E-state index in [0.717, 1.165) is 11.3 Å². The first kappa shape index (κ1) is 14.6. The second-order valence-electron chi connectivity index (χ2n) is 4.82. The Morgan fingerprint density at radius 3 is 2.59 bits per heavy atom. The standard InChI is InChI=1S/C13H10ClN3O4S/c1-4-5-7(15)8(22-10(5)17-9(18)6(4)14)11(19)21-13(2-3-13)12(16)20/h2-3H,15H2,1H3,(H2,16,20)(H,17,18). The van der Waals surface area contributed by atoms with Gasteiger partial charge in [-0.1, -0.05) is 11.6 Å². The Bertz CT molecular complexity index is 921. The Morgan fingerprint density at radius 1 is 1.41 bits per heavy atom. The van der Waals surface area contributed by atoms with Crippen LogP contribution < -0.4 is 17.0 Å². The number of H-pyrrole nitrogens is 1. The van der Waals surface area contributed by atoms with Gasteiger partial charge in [0.15, 0.2) is 0 Å². The summed E-state index contributed by atoms with van der Waals surface area (Å²) in [6.07, 6.45) is 2.75. The summed E-state index contributed by atoms with van der Waals surface area (Å²) in [7, 11) is 0. The third-order valence-electron chi connectivity index (χ3n) is 3.38. The quantitative estimate of drug-likeness (QED) is 0.569. The Hall–Kier alpha value is -2.32. The van der Waals surface area contributed by atoms with Crippen LogP contribution in [0.4, 0.5) is 5.69 Å². The molecular weight excluding hydrogens is 330 g/mol. The maximum absolute atomic E-state index is 12.2. The lowest BCUT2D eigenvalue weighted by atomic mass is 10.1. The molecule has 0 bridgehead atoms. The minimum Gasteiger partial charge on any atom is -0.436 e. The van der Waals surface area contributed by atoms with E-state index >= 15 is 0 Å². The van der Waals surface area contributed by atoms with Crippen LogP contribution in [-0.4, -0.2) is 22.5 Å². The third-order valence-corrected chi connectivity index (χ3v) is 4.93. The van der Waals surface area contributed by atoms with Crippen LogP contribution in [0.1, 0.15) is 15.2 Å². The SMILES string of the molecule is Cc1c(Cl)c(=O)[nH]c2sc(C(=O)OC3(C(N)=O)C=C3)c(N)c12. The fourth-order valence-corrected chi connectivity index (χ4v) is 3.24. The van der Waals surface area contributed by atoms with Gasteiger partial charge in [0, 0.05) is 5.39 Å². The molecule has 2 heterocycles. The van der Waals surface area contributed by atoms with Gasteiger partial charge in [-0.05, 0) is 24.6 Å². The molecule has 114 valence electrons. The minimum absolute atomic E-state index is 0.00869. The highest BCUT2D eigenvalue weighted by Gasteiger charge is 2.45. The zero-order valence-electron chi connectivity index (χ0n) is 11.2. The van der Waals surface area contributed by atoms with Gasteiger partial charge in [-0.25, -0.2) is 4.79 Å². The molecule has 0 saturated heterocycles. The summed E-state index contributed by atoms with van der Waals surface area (Å²) in [4.78, 5) is 38.2. The molecule has 0 aromatic carbocycles. The second kappa shape index (κ2) is 4.59. The van der Waals surface area contributed by atoms with Crippen LogP contribution in [0.15, 0.2) is 16.9 Å². The molecule has 22 heavy (non-hydrogen) atoms. The number of nitrogens with two attached hydrogens (primary N) is 2. The van der Waals surface area contributed by atoms with Gasteiger partial charge in [-0.3, -0.25) is 9.59 Å². The summed E-state index contributed by atoms with van der Waals surface area (Å²) < 4.78 is 5.09. The molecule has 7 nitrogen and oxygen atoms in total. The lowest BCUT2D eigenvalue weighted by Crippen LogP contribution is -2.36. The van der Waals surface area contributed by atoms with E-state index < -0.39 is 23.0 Å². The Morgan fingerprint density at radius 2 is 2.05 bits per heavy atom. The van der Waals surface area contributed by atoms with E-state index in [-0.39, 0.29) is 15.6 Å². The number of primary amides is 1. The van der Waals surface area contributed by atoms with E-state index in [1.807, 2.05) is 0 Å². The van der Waals surface area contributed by atoms with Crippen LogP contribution >= 0.6 is 22.9 Å². The first-order valence-electron chi connectivity index (χ1n) is 6.11. The number of hydrogen-bond acceptors (Lipinski definition) is 6. The number of aromatic nitrogens is 1. The molecule has 1 amide bonds. The van der Waals surface area contributed by atoms with Gasteiger partial charge >= 0.3 is 5.97 Å². The van der Waals surface area contributed by atoms with Crippen molar-refractivity contribution in [3.05, 3.63) is 38.0 Å². The van der Waals surface area contributed by atoms with Gasteiger partial charge < -0.3 is 21.2 Å². The normalized spacial score (nSPS) is 15.0. The number of rotatable bonds is 3. The Labute approximate surface area is 132 Å². The summed E-state index contributed by atoms with van der Waals surface area (Å²) in [6, 6.07) is 0. The average Bonchev–Trinajstić information content (AvgIpc) is 3.15. The van der Waals surface area contributed by atoms with Crippen molar-refractivity contribution in [2.45, 2.75) is 12.5 Å². The van der Waals surface area contributed by atoms with Gasteiger partial charge in [0.2, 0.25) is 5.60 Å². The van der Waals surface area contributed by atoms with Gasteiger partial charge in [0.05, 0.1) is 5.69 Å². The number of anilines is 1. The lowest BCUT2D eigenvalue weighted by molar-refractivity contribution is -0.127. The summed E-state index contributed by atoms with van der Waals surface area (Å²) in [5.41, 5.74) is 9.81. The second-order valence-corrected chi connectivity index (χ2v) is 6.22. The molecule has 0 atom stereocenters. The summed E-state index contributed by atoms with van der Waals surface area (Å²) in [5, 5.41) is 0.493. The number of esters is 1. The summed E-state index contributed by atoms with van der Waals surface area (Å²) >= 11 is 6.85. The van der Waals surface area contributed by atoms with Crippen LogP contribution in [0, 0.1) is 6.92 Å². The minimum atomic E-state index is -1.47. The Kier molecular flexibility index (Phi) is 3.05. The predicted molar refractivity (Wildman–Crippen MR) is 83.1 cm³/mol. The molecule has 2 aromatic rings. The van der Waals surface area contributed by atoms with Crippen molar-refractivity contribution in [1.29, 1.82) is 0 Å².